The minimum Gasteiger partial charge on any atom is -0.295 e. The van der Waals surface area contributed by atoms with E-state index in [-0.39, 0.29) is 22.4 Å². The summed E-state index contributed by atoms with van der Waals surface area (Å²) < 4.78 is 13.8. The zero-order valence-corrected chi connectivity index (χ0v) is 16.0. The number of hydrogen-bond donors (Lipinski definition) is 0. The maximum absolute atomic E-state index is 13.8. The van der Waals surface area contributed by atoms with Crippen molar-refractivity contribution in [1.82, 2.24) is 4.98 Å². The van der Waals surface area contributed by atoms with E-state index in [1.807, 2.05) is 6.08 Å². The van der Waals surface area contributed by atoms with Crippen molar-refractivity contribution in [1.29, 1.82) is 0 Å². The number of pyridine rings is 1. The van der Waals surface area contributed by atoms with Crippen molar-refractivity contribution in [3.05, 3.63) is 59.7 Å². The SMILES string of the molecule is C[C@]12CCC(=O)C=C1C=C[C@@H]1[C@@H]2CC[C@]2(C)C(c3cncc(F)c3)=CC[C@@H]12. The summed E-state index contributed by atoms with van der Waals surface area (Å²) in [5.41, 5.74) is 3.65. The zero-order chi connectivity index (χ0) is 18.8. The van der Waals surface area contributed by atoms with Crippen LogP contribution in [0.15, 0.2) is 48.3 Å². The van der Waals surface area contributed by atoms with Crippen molar-refractivity contribution >= 4 is 11.4 Å². The van der Waals surface area contributed by atoms with E-state index < -0.39 is 0 Å². The molecule has 0 unspecified atom stereocenters. The van der Waals surface area contributed by atoms with E-state index in [0.29, 0.717) is 24.2 Å². The first-order valence-electron chi connectivity index (χ1n) is 10.2. The fraction of sp³-hybridized carbons (Fsp3) is 0.500. The molecule has 0 N–H and O–H groups in total. The Kier molecular flexibility index (Phi) is 3.63. The lowest BCUT2D eigenvalue weighted by Gasteiger charge is -2.55. The lowest BCUT2D eigenvalue weighted by atomic mass is 9.48. The normalized spacial score (nSPS) is 40.0. The van der Waals surface area contributed by atoms with Gasteiger partial charge < -0.3 is 0 Å². The zero-order valence-electron chi connectivity index (χ0n) is 16.0. The Morgan fingerprint density at radius 3 is 2.81 bits per heavy atom. The van der Waals surface area contributed by atoms with E-state index in [4.69, 9.17) is 0 Å². The molecule has 1 heterocycles. The van der Waals surface area contributed by atoms with Crippen LogP contribution in [0.25, 0.3) is 5.57 Å². The number of rotatable bonds is 1. The molecule has 0 amide bonds. The fourth-order valence-corrected chi connectivity index (χ4v) is 6.58. The van der Waals surface area contributed by atoms with Crippen LogP contribution in [0.5, 0.6) is 0 Å². The Hall–Kier alpha value is -2.03. The lowest BCUT2D eigenvalue weighted by molar-refractivity contribution is -0.116. The molecule has 0 aromatic carbocycles. The Morgan fingerprint density at radius 1 is 1.15 bits per heavy atom. The number of nitrogens with zero attached hydrogens (tertiary/aromatic N) is 1. The molecule has 0 aliphatic heterocycles. The predicted octanol–water partition coefficient (Wildman–Crippen LogP) is 5.52. The molecule has 1 aromatic rings. The number of carbonyl (C=O) groups excluding carboxylic acids is 1. The third kappa shape index (κ3) is 2.36. The average Bonchev–Trinajstić information content (AvgIpc) is 2.99. The first-order valence-corrected chi connectivity index (χ1v) is 10.2. The predicted molar refractivity (Wildman–Crippen MR) is 104 cm³/mol. The quantitative estimate of drug-likeness (QED) is 0.657. The molecule has 0 bridgehead atoms. The van der Waals surface area contributed by atoms with Crippen molar-refractivity contribution in [2.75, 3.05) is 0 Å². The van der Waals surface area contributed by atoms with Gasteiger partial charge in [-0.15, -0.1) is 0 Å². The summed E-state index contributed by atoms with van der Waals surface area (Å²) in [5, 5.41) is 0. The van der Waals surface area contributed by atoms with Crippen LogP contribution in [0.2, 0.25) is 0 Å². The van der Waals surface area contributed by atoms with Crippen molar-refractivity contribution in [2.45, 2.75) is 46.0 Å². The van der Waals surface area contributed by atoms with Crippen molar-refractivity contribution < 1.29 is 9.18 Å². The Bertz CT molecular complexity index is 913. The highest BCUT2D eigenvalue weighted by molar-refractivity contribution is 5.92. The molecule has 0 saturated heterocycles. The average molecular weight is 363 g/mol. The van der Waals surface area contributed by atoms with Crippen LogP contribution in [-0.2, 0) is 4.79 Å². The first kappa shape index (κ1) is 17.1. The largest absolute Gasteiger partial charge is 0.295 e. The summed E-state index contributed by atoms with van der Waals surface area (Å²) in [7, 11) is 0. The minimum absolute atomic E-state index is 0.0725. The van der Waals surface area contributed by atoms with Gasteiger partial charge in [0, 0.05) is 12.6 Å². The standard InChI is InChI=1S/C24H26FNO/c1-23-9-7-18(27)12-16(23)3-4-19-21-6-5-20(15-11-17(25)14-26-13-15)24(21,2)10-8-22(19)23/h3-5,11-14,19,21-22H,6-10H2,1-2H3/t19-,21-,22-,23-,24+/m0/s1. The van der Waals surface area contributed by atoms with E-state index in [9.17, 15) is 9.18 Å². The van der Waals surface area contributed by atoms with Gasteiger partial charge in [0.15, 0.2) is 5.78 Å². The smallest absolute Gasteiger partial charge is 0.156 e. The topological polar surface area (TPSA) is 30.0 Å². The highest BCUT2D eigenvalue weighted by Crippen LogP contribution is 2.65. The van der Waals surface area contributed by atoms with Gasteiger partial charge in [0.2, 0.25) is 0 Å². The van der Waals surface area contributed by atoms with Gasteiger partial charge in [-0.3, -0.25) is 9.78 Å². The highest BCUT2D eigenvalue weighted by atomic mass is 19.1. The van der Waals surface area contributed by atoms with Gasteiger partial charge in [-0.2, -0.15) is 0 Å². The fourth-order valence-electron chi connectivity index (χ4n) is 6.58. The van der Waals surface area contributed by atoms with Gasteiger partial charge in [0.1, 0.15) is 5.82 Å². The van der Waals surface area contributed by atoms with Crippen molar-refractivity contribution in [3.8, 4) is 0 Å². The van der Waals surface area contributed by atoms with Crippen molar-refractivity contribution in [3.63, 3.8) is 0 Å². The molecule has 5 atom stereocenters. The van der Waals surface area contributed by atoms with Gasteiger partial charge in [-0.05, 0) is 83.1 Å². The van der Waals surface area contributed by atoms with Crippen LogP contribution >= 0.6 is 0 Å². The number of halogens is 1. The molecule has 3 heteroatoms. The molecule has 2 nitrogen and oxygen atoms in total. The summed E-state index contributed by atoms with van der Waals surface area (Å²) in [6.07, 6.45) is 16.9. The number of aromatic nitrogens is 1. The number of allylic oxidation sites excluding steroid dienone is 6. The van der Waals surface area contributed by atoms with Gasteiger partial charge in [0.05, 0.1) is 6.20 Å². The van der Waals surface area contributed by atoms with Gasteiger partial charge >= 0.3 is 0 Å². The molecule has 1 aromatic heterocycles. The second kappa shape index (κ2) is 5.73. The van der Waals surface area contributed by atoms with E-state index in [1.165, 1.54) is 17.3 Å². The summed E-state index contributed by atoms with van der Waals surface area (Å²) in [6.45, 7) is 4.73. The molecular weight excluding hydrogens is 337 g/mol. The molecule has 140 valence electrons. The van der Waals surface area contributed by atoms with E-state index in [2.05, 4.69) is 37.1 Å². The van der Waals surface area contributed by atoms with Crippen LogP contribution < -0.4 is 0 Å². The molecule has 1 saturated carbocycles. The Morgan fingerprint density at radius 2 is 2.00 bits per heavy atom. The molecular formula is C24H26FNO. The van der Waals surface area contributed by atoms with Crippen LogP contribution in [-0.4, -0.2) is 10.8 Å². The number of ketones is 1. The molecule has 5 rings (SSSR count). The summed E-state index contributed by atoms with van der Waals surface area (Å²) >= 11 is 0. The Balaban J connectivity index is 1.52. The third-order valence-electron chi connectivity index (χ3n) is 8.11. The Labute approximate surface area is 160 Å². The summed E-state index contributed by atoms with van der Waals surface area (Å²) in [6, 6.07) is 1.63. The number of fused-ring (bicyclic) bond motifs is 5. The van der Waals surface area contributed by atoms with E-state index >= 15 is 0 Å². The molecule has 1 fully saturated rings. The minimum atomic E-state index is -0.263. The van der Waals surface area contributed by atoms with Crippen LogP contribution in [0.4, 0.5) is 4.39 Å². The van der Waals surface area contributed by atoms with Gasteiger partial charge in [-0.25, -0.2) is 4.39 Å². The molecule has 0 spiro atoms. The first-order chi connectivity index (χ1) is 12.9. The van der Waals surface area contributed by atoms with Crippen LogP contribution in [0, 0.1) is 34.4 Å². The van der Waals surface area contributed by atoms with Crippen LogP contribution in [0.1, 0.15) is 51.5 Å². The van der Waals surface area contributed by atoms with Gasteiger partial charge in [0.25, 0.3) is 0 Å². The second-order valence-electron chi connectivity index (χ2n) is 9.33. The molecule has 4 aliphatic rings. The highest BCUT2D eigenvalue weighted by Gasteiger charge is 2.55. The molecule has 27 heavy (non-hydrogen) atoms. The van der Waals surface area contributed by atoms with Crippen LogP contribution in [0.3, 0.4) is 0 Å². The summed E-state index contributed by atoms with van der Waals surface area (Å²) in [4.78, 5) is 16.0. The van der Waals surface area contributed by atoms with Gasteiger partial charge in [-0.1, -0.05) is 32.1 Å². The maximum Gasteiger partial charge on any atom is 0.156 e. The lowest BCUT2D eigenvalue weighted by Crippen LogP contribution is -2.48. The second-order valence-corrected chi connectivity index (χ2v) is 9.33. The molecule has 0 radical (unpaired) electrons. The van der Waals surface area contributed by atoms with E-state index in [1.54, 1.807) is 12.3 Å². The molecule has 4 aliphatic carbocycles. The monoisotopic (exact) mass is 363 g/mol. The van der Waals surface area contributed by atoms with Crippen molar-refractivity contribution in [2.24, 2.45) is 28.6 Å². The van der Waals surface area contributed by atoms with E-state index in [0.717, 1.165) is 31.2 Å². The summed E-state index contributed by atoms with van der Waals surface area (Å²) in [5.74, 6) is 1.67. The third-order valence-corrected chi connectivity index (χ3v) is 8.11. The maximum atomic E-state index is 13.8. The number of carbonyl (C=O) groups is 1. The number of hydrogen-bond acceptors (Lipinski definition) is 2.